The van der Waals surface area contributed by atoms with Crippen molar-refractivity contribution in [2.24, 2.45) is 0 Å². The Morgan fingerprint density at radius 3 is 2.29 bits per heavy atom. The van der Waals surface area contributed by atoms with Crippen LogP contribution in [-0.4, -0.2) is 18.4 Å². The maximum absolute atomic E-state index is 12.1. The van der Waals surface area contributed by atoms with Crippen LogP contribution in [0, 0.1) is 13.8 Å². The van der Waals surface area contributed by atoms with Crippen molar-refractivity contribution in [1.29, 1.82) is 0 Å². The fourth-order valence-corrected chi connectivity index (χ4v) is 2.12. The highest BCUT2D eigenvalue weighted by Crippen LogP contribution is 2.12. The van der Waals surface area contributed by atoms with Gasteiger partial charge in [0, 0.05) is 23.5 Å². The zero-order valence-corrected chi connectivity index (χ0v) is 14.1. The second-order valence-corrected chi connectivity index (χ2v) is 5.44. The first kappa shape index (κ1) is 17.5. The SMILES string of the molecule is CCOC(=O)c1ccc(N/C=C/C(=O)c2ccc(C)c(C)c2)cc1. The van der Waals surface area contributed by atoms with Crippen LogP contribution in [0.3, 0.4) is 0 Å². The molecular weight excluding hydrogens is 302 g/mol. The van der Waals surface area contributed by atoms with Gasteiger partial charge in [-0.05, 0) is 62.2 Å². The minimum absolute atomic E-state index is 0.0613. The van der Waals surface area contributed by atoms with E-state index >= 15 is 0 Å². The molecule has 0 unspecified atom stereocenters. The molecular formula is C20H21NO3. The summed E-state index contributed by atoms with van der Waals surface area (Å²) in [7, 11) is 0. The van der Waals surface area contributed by atoms with E-state index in [9.17, 15) is 9.59 Å². The maximum Gasteiger partial charge on any atom is 0.338 e. The smallest absolute Gasteiger partial charge is 0.338 e. The molecule has 0 aliphatic carbocycles. The van der Waals surface area contributed by atoms with Gasteiger partial charge in [0.15, 0.2) is 5.78 Å². The number of anilines is 1. The third kappa shape index (κ3) is 4.56. The van der Waals surface area contributed by atoms with Gasteiger partial charge in [-0.15, -0.1) is 0 Å². The number of hydrogen-bond donors (Lipinski definition) is 1. The van der Waals surface area contributed by atoms with Crippen LogP contribution in [0.1, 0.15) is 38.8 Å². The molecule has 0 amide bonds. The van der Waals surface area contributed by atoms with Crippen LogP contribution in [0.15, 0.2) is 54.7 Å². The van der Waals surface area contributed by atoms with Crippen molar-refractivity contribution >= 4 is 17.4 Å². The molecule has 0 radical (unpaired) electrons. The van der Waals surface area contributed by atoms with Crippen LogP contribution < -0.4 is 5.32 Å². The molecule has 0 saturated carbocycles. The van der Waals surface area contributed by atoms with Gasteiger partial charge in [-0.3, -0.25) is 4.79 Å². The summed E-state index contributed by atoms with van der Waals surface area (Å²) in [6.07, 6.45) is 3.08. The van der Waals surface area contributed by atoms with Crippen LogP contribution in [0.25, 0.3) is 0 Å². The van der Waals surface area contributed by atoms with Gasteiger partial charge in [-0.1, -0.05) is 12.1 Å². The van der Waals surface area contributed by atoms with Crippen molar-refractivity contribution < 1.29 is 14.3 Å². The van der Waals surface area contributed by atoms with Crippen molar-refractivity contribution in [3.05, 3.63) is 77.0 Å². The van der Waals surface area contributed by atoms with Gasteiger partial charge in [-0.25, -0.2) is 4.79 Å². The molecule has 0 saturated heterocycles. The van der Waals surface area contributed by atoms with E-state index < -0.39 is 0 Å². The predicted octanol–water partition coefficient (Wildman–Crippen LogP) is 4.29. The third-order valence-corrected chi connectivity index (χ3v) is 3.67. The number of carbonyl (C=O) groups is 2. The summed E-state index contributed by atoms with van der Waals surface area (Å²) in [6, 6.07) is 12.5. The molecule has 0 aromatic heterocycles. The average molecular weight is 323 g/mol. The van der Waals surface area contributed by atoms with Crippen molar-refractivity contribution in [1.82, 2.24) is 0 Å². The lowest BCUT2D eigenvalue weighted by atomic mass is 10.0. The van der Waals surface area contributed by atoms with Gasteiger partial charge in [0.05, 0.1) is 12.2 Å². The summed E-state index contributed by atoms with van der Waals surface area (Å²) in [4.78, 5) is 23.7. The molecule has 2 aromatic rings. The van der Waals surface area contributed by atoms with Crippen LogP contribution >= 0.6 is 0 Å². The fraction of sp³-hybridized carbons (Fsp3) is 0.200. The van der Waals surface area contributed by atoms with Crippen LogP contribution in [-0.2, 0) is 4.74 Å². The Labute approximate surface area is 142 Å². The zero-order chi connectivity index (χ0) is 17.5. The lowest BCUT2D eigenvalue weighted by Gasteiger charge is -2.04. The second-order valence-electron chi connectivity index (χ2n) is 5.44. The highest BCUT2D eigenvalue weighted by Gasteiger charge is 2.05. The standard InChI is InChI=1S/C20H21NO3/c1-4-24-20(23)16-7-9-18(10-8-16)21-12-11-19(22)17-6-5-14(2)15(3)13-17/h5-13,21H,4H2,1-3H3/b12-11+. The minimum Gasteiger partial charge on any atom is -0.462 e. The number of esters is 1. The number of benzene rings is 2. The number of nitrogens with one attached hydrogen (secondary N) is 1. The van der Waals surface area contributed by atoms with Crippen LogP contribution in [0.4, 0.5) is 5.69 Å². The molecule has 4 heteroatoms. The van der Waals surface area contributed by atoms with Crippen LogP contribution in [0.2, 0.25) is 0 Å². The third-order valence-electron chi connectivity index (χ3n) is 3.67. The van der Waals surface area contributed by atoms with E-state index in [2.05, 4.69) is 5.32 Å². The monoisotopic (exact) mass is 323 g/mol. The van der Waals surface area contributed by atoms with Gasteiger partial charge in [0.2, 0.25) is 0 Å². The Bertz CT molecular complexity index is 761. The van der Waals surface area contributed by atoms with E-state index in [4.69, 9.17) is 4.74 Å². The first-order chi connectivity index (χ1) is 11.5. The van der Waals surface area contributed by atoms with Crippen molar-refractivity contribution in [2.75, 3.05) is 11.9 Å². The molecule has 4 nitrogen and oxygen atoms in total. The Balaban J connectivity index is 1.97. The van der Waals surface area contributed by atoms with Crippen LogP contribution in [0.5, 0.6) is 0 Å². The summed E-state index contributed by atoms with van der Waals surface area (Å²) in [6.45, 7) is 6.12. The van der Waals surface area contributed by atoms with Gasteiger partial charge < -0.3 is 10.1 Å². The number of ketones is 1. The van der Waals surface area contributed by atoms with Crippen molar-refractivity contribution in [3.8, 4) is 0 Å². The number of aryl methyl sites for hydroxylation is 2. The molecule has 0 spiro atoms. The van der Waals surface area contributed by atoms with E-state index in [0.717, 1.165) is 16.8 Å². The van der Waals surface area contributed by atoms with E-state index in [-0.39, 0.29) is 11.8 Å². The van der Waals surface area contributed by atoms with Gasteiger partial charge in [-0.2, -0.15) is 0 Å². The number of hydrogen-bond acceptors (Lipinski definition) is 4. The molecule has 0 fully saturated rings. The predicted molar refractivity (Wildman–Crippen MR) is 95.4 cm³/mol. The lowest BCUT2D eigenvalue weighted by molar-refractivity contribution is 0.0526. The second kappa shape index (κ2) is 8.11. The highest BCUT2D eigenvalue weighted by molar-refractivity contribution is 6.04. The Morgan fingerprint density at radius 1 is 1.00 bits per heavy atom. The molecule has 0 atom stereocenters. The quantitative estimate of drug-likeness (QED) is 0.489. The molecule has 0 heterocycles. The number of rotatable bonds is 6. The van der Waals surface area contributed by atoms with Gasteiger partial charge >= 0.3 is 5.97 Å². The van der Waals surface area contributed by atoms with E-state index in [1.807, 2.05) is 32.0 Å². The molecule has 0 aliphatic rings. The van der Waals surface area contributed by atoms with E-state index in [1.165, 1.54) is 6.08 Å². The number of allylic oxidation sites excluding steroid dienone is 1. The first-order valence-corrected chi connectivity index (χ1v) is 7.83. The van der Waals surface area contributed by atoms with E-state index in [1.54, 1.807) is 37.4 Å². The zero-order valence-electron chi connectivity index (χ0n) is 14.1. The molecule has 2 aromatic carbocycles. The summed E-state index contributed by atoms with van der Waals surface area (Å²) in [5.74, 6) is -0.404. The summed E-state index contributed by atoms with van der Waals surface area (Å²) in [5, 5.41) is 3.02. The number of carbonyl (C=O) groups excluding carboxylic acids is 2. The average Bonchev–Trinajstić information content (AvgIpc) is 2.58. The molecule has 1 N–H and O–H groups in total. The first-order valence-electron chi connectivity index (χ1n) is 7.83. The summed E-state index contributed by atoms with van der Waals surface area (Å²) < 4.78 is 4.93. The van der Waals surface area contributed by atoms with E-state index in [0.29, 0.717) is 17.7 Å². The van der Waals surface area contributed by atoms with Gasteiger partial charge in [0.25, 0.3) is 0 Å². The Morgan fingerprint density at radius 2 is 1.67 bits per heavy atom. The summed E-state index contributed by atoms with van der Waals surface area (Å²) >= 11 is 0. The highest BCUT2D eigenvalue weighted by atomic mass is 16.5. The topological polar surface area (TPSA) is 55.4 Å². The van der Waals surface area contributed by atoms with Crippen molar-refractivity contribution in [2.45, 2.75) is 20.8 Å². The largest absolute Gasteiger partial charge is 0.462 e. The normalized spacial score (nSPS) is 10.6. The van der Waals surface area contributed by atoms with Gasteiger partial charge in [0.1, 0.15) is 0 Å². The molecule has 0 bridgehead atoms. The minimum atomic E-state index is -0.343. The molecule has 0 aliphatic heterocycles. The van der Waals surface area contributed by atoms with Crippen molar-refractivity contribution in [3.63, 3.8) is 0 Å². The lowest BCUT2D eigenvalue weighted by Crippen LogP contribution is -2.04. The fourth-order valence-electron chi connectivity index (χ4n) is 2.12. The number of ether oxygens (including phenoxy) is 1. The summed E-state index contributed by atoms with van der Waals surface area (Å²) in [5.41, 5.74) is 4.20. The Kier molecular flexibility index (Phi) is 5.90. The molecule has 2 rings (SSSR count). The Hall–Kier alpha value is -2.88. The molecule has 24 heavy (non-hydrogen) atoms. The molecule has 124 valence electrons. The maximum atomic E-state index is 12.1.